The summed E-state index contributed by atoms with van der Waals surface area (Å²) in [6.07, 6.45) is 2.80. The summed E-state index contributed by atoms with van der Waals surface area (Å²) in [5, 5.41) is 21.0. The van der Waals surface area contributed by atoms with Crippen LogP contribution >= 0.6 is 0 Å². The largest absolute Gasteiger partial charge is 0.507 e. The van der Waals surface area contributed by atoms with E-state index in [4.69, 9.17) is 0 Å². The Morgan fingerprint density at radius 1 is 1.41 bits per heavy atom. The Kier molecular flexibility index (Phi) is 2.14. The highest BCUT2D eigenvalue weighted by atomic mass is 16.3. The molecule has 1 heterocycles. The van der Waals surface area contributed by atoms with Crippen LogP contribution < -0.4 is 0 Å². The van der Waals surface area contributed by atoms with E-state index in [1.807, 2.05) is 0 Å². The average Bonchev–Trinajstić information content (AvgIpc) is 3.08. The van der Waals surface area contributed by atoms with E-state index < -0.39 is 0 Å². The number of phenols is 1. The van der Waals surface area contributed by atoms with E-state index in [0.717, 1.165) is 18.7 Å². The van der Waals surface area contributed by atoms with E-state index in [1.165, 1.54) is 6.07 Å². The Balaban J connectivity index is 2.08. The molecule has 1 N–H and O–H groups in total. The second-order valence-electron chi connectivity index (χ2n) is 4.08. The Morgan fingerprint density at radius 3 is 2.94 bits per heavy atom. The molecule has 2 aromatic rings. The lowest BCUT2D eigenvalue weighted by atomic mass is 10.2. The number of benzene rings is 1. The van der Waals surface area contributed by atoms with Crippen molar-refractivity contribution in [3.05, 3.63) is 29.6 Å². The minimum absolute atomic E-state index is 0.0372. The molecule has 0 aliphatic heterocycles. The molecular formula is C11H10N4O2. The van der Waals surface area contributed by atoms with Crippen LogP contribution in [0.4, 0.5) is 0 Å². The van der Waals surface area contributed by atoms with Gasteiger partial charge in [0.2, 0.25) is 0 Å². The normalized spacial score (nSPS) is 14.8. The van der Waals surface area contributed by atoms with Crippen molar-refractivity contribution in [2.45, 2.75) is 18.8 Å². The van der Waals surface area contributed by atoms with Gasteiger partial charge in [0.1, 0.15) is 5.75 Å². The van der Waals surface area contributed by atoms with Gasteiger partial charge < -0.3 is 5.11 Å². The Labute approximate surface area is 96.9 Å². The van der Waals surface area contributed by atoms with Gasteiger partial charge in [-0.1, -0.05) is 0 Å². The van der Waals surface area contributed by atoms with Crippen molar-refractivity contribution in [3.8, 4) is 11.4 Å². The van der Waals surface area contributed by atoms with Gasteiger partial charge in [0.25, 0.3) is 0 Å². The molecule has 1 aliphatic rings. The average molecular weight is 230 g/mol. The number of rotatable bonds is 3. The first-order chi connectivity index (χ1) is 8.29. The molecule has 1 aliphatic carbocycles. The van der Waals surface area contributed by atoms with Crippen molar-refractivity contribution < 1.29 is 9.90 Å². The highest BCUT2D eigenvalue weighted by molar-refractivity contribution is 5.80. The van der Waals surface area contributed by atoms with Gasteiger partial charge in [0.15, 0.2) is 12.1 Å². The molecule has 0 atom stereocenters. The fourth-order valence-corrected chi connectivity index (χ4v) is 1.74. The van der Waals surface area contributed by atoms with Crippen LogP contribution in [-0.2, 0) is 0 Å². The maximum atomic E-state index is 10.8. The third-order valence-electron chi connectivity index (χ3n) is 2.82. The van der Waals surface area contributed by atoms with Crippen LogP contribution in [0.1, 0.15) is 34.9 Å². The van der Waals surface area contributed by atoms with Crippen LogP contribution in [0.2, 0.25) is 0 Å². The lowest BCUT2D eigenvalue weighted by molar-refractivity contribution is 0.112. The van der Waals surface area contributed by atoms with Gasteiger partial charge in [-0.05, 0) is 41.5 Å². The number of aromatic nitrogens is 4. The van der Waals surface area contributed by atoms with Gasteiger partial charge in [0.05, 0.1) is 11.3 Å². The molecule has 6 heteroatoms. The van der Waals surface area contributed by atoms with Crippen LogP contribution in [0.5, 0.6) is 5.75 Å². The number of aldehydes is 1. The van der Waals surface area contributed by atoms with E-state index in [9.17, 15) is 9.90 Å². The number of hydrogen-bond acceptors (Lipinski definition) is 5. The van der Waals surface area contributed by atoms with Crippen LogP contribution in [0.25, 0.3) is 5.69 Å². The topological polar surface area (TPSA) is 80.9 Å². The summed E-state index contributed by atoms with van der Waals surface area (Å²) in [4.78, 5) is 10.8. The summed E-state index contributed by atoms with van der Waals surface area (Å²) in [7, 11) is 0. The maximum absolute atomic E-state index is 10.8. The van der Waals surface area contributed by atoms with Gasteiger partial charge in [0, 0.05) is 5.92 Å². The lowest BCUT2D eigenvalue weighted by Gasteiger charge is -2.05. The molecule has 0 unspecified atom stereocenters. The van der Waals surface area contributed by atoms with Crippen molar-refractivity contribution in [3.63, 3.8) is 0 Å². The summed E-state index contributed by atoms with van der Waals surface area (Å²) < 4.78 is 1.62. The predicted octanol–water partition coefficient (Wildman–Crippen LogP) is 1.06. The molecular weight excluding hydrogens is 220 g/mol. The van der Waals surface area contributed by atoms with E-state index in [1.54, 1.807) is 16.8 Å². The fourth-order valence-electron chi connectivity index (χ4n) is 1.74. The molecule has 0 spiro atoms. The van der Waals surface area contributed by atoms with Crippen molar-refractivity contribution >= 4 is 6.29 Å². The summed E-state index contributed by atoms with van der Waals surface area (Å²) >= 11 is 0. The second kappa shape index (κ2) is 3.65. The Morgan fingerprint density at radius 2 is 2.24 bits per heavy atom. The molecule has 1 saturated carbocycles. The first kappa shape index (κ1) is 9.95. The summed E-state index contributed by atoms with van der Waals surface area (Å²) in [6, 6.07) is 4.73. The molecule has 1 aromatic heterocycles. The predicted molar refractivity (Wildman–Crippen MR) is 58.2 cm³/mol. The van der Waals surface area contributed by atoms with Crippen molar-refractivity contribution in [2.75, 3.05) is 0 Å². The maximum Gasteiger partial charge on any atom is 0.159 e. The van der Waals surface area contributed by atoms with Crippen LogP contribution in [-0.4, -0.2) is 31.6 Å². The van der Waals surface area contributed by atoms with E-state index in [2.05, 4.69) is 15.5 Å². The standard InChI is InChI=1S/C11H10N4O2/c16-6-8-5-9(3-4-10(8)17)15-11(7-1-2-7)12-13-14-15/h3-7,17H,1-2H2. The number of hydrogen-bond donors (Lipinski definition) is 1. The number of phenolic OH excluding ortho intramolecular Hbond substituents is 1. The van der Waals surface area contributed by atoms with Crippen molar-refractivity contribution in [2.24, 2.45) is 0 Å². The molecule has 0 radical (unpaired) electrons. The van der Waals surface area contributed by atoms with Crippen LogP contribution in [0.15, 0.2) is 18.2 Å². The molecule has 0 amide bonds. The second-order valence-corrected chi connectivity index (χ2v) is 4.08. The minimum Gasteiger partial charge on any atom is -0.507 e. The van der Waals surface area contributed by atoms with Gasteiger partial charge in [-0.2, -0.15) is 4.68 Å². The van der Waals surface area contributed by atoms with Crippen molar-refractivity contribution in [1.29, 1.82) is 0 Å². The van der Waals surface area contributed by atoms with E-state index in [-0.39, 0.29) is 11.3 Å². The summed E-state index contributed by atoms with van der Waals surface area (Å²) in [5.41, 5.74) is 0.927. The smallest absolute Gasteiger partial charge is 0.159 e. The third kappa shape index (κ3) is 1.67. The van der Waals surface area contributed by atoms with E-state index >= 15 is 0 Å². The SMILES string of the molecule is O=Cc1cc(-n2nnnc2C2CC2)ccc1O. The highest BCUT2D eigenvalue weighted by Gasteiger charge is 2.30. The molecule has 86 valence electrons. The summed E-state index contributed by atoms with van der Waals surface area (Å²) in [6.45, 7) is 0. The zero-order valence-corrected chi connectivity index (χ0v) is 8.95. The number of nitrogens with zero attached hydrogens (tertiary/aromatic N) is 4. The quantitative estimate of drug-likeness (QED) is 0.797. The van der Waals surface area contributed by atoms with Crippen LogP contribution in [0, 0.1) is 0 Å². The monoisotopic (exact) mass is 230 g/mol. The fraction of sp³-hybridized carbons (Fsp3) is 0.273. The first-order valence-electron chi connectivity index (χ1n) is 5.36. The molecule has 6 nitrogen and oxygen atoms in total. The number of aromatic hydroxyl groups is 1. The molecule has 0 bridgehead atoms. The van der Waals surface area contributed by atoms with Gasteiger partial charge >= 0.3 is 0 Å². The van der Waals surface area contributed by atoms with E-state index in [0.29, 0.717) is 17.9 Å². The molecule has 17 heavy (non-hydrogen) atoms. The zero-order chi connectivity index (χ0) is 11.8. The van der Waals surface area contributed by atoms with Crippen LogP contribution in [0.3, 0.4) is 0 Å². The third-order valence-corrected chi connectivity index (χ3v) is 2.82. The van der Waals surface area contributed by atoms with Gasteiger partial charge in [-0.15, -0.1) is 5.10 Å². The minimum atomic E-state index is -0.0372. The highest BCUT2D eigenvalue weighted by Crippen LogP contribution is 2.39. The summed E-state index contributed by atoms with van der Waals surface area (Å²) in [5.74, 6) is 1.19. The zero-order valence-electron chi connectivity index (χ0n) is 8.95. The number of carbonyl (C=O) groups is 1. The Bertz CT molecular complexity index is 575. The molecule has 3 rings (SSSR count). The number of tetrazole rings is 1. The molecule has 0 saturated heterocycles. The number of carbonyl (C=O) groups excluding carboxylic acids is 1. The Hall–Kier alpha value is -2.24. The first-order valence-corrected chi connectivity index (χ1v) is 5.36. The van der Waals surface area contributed by atoms with Gasteiger partial charge in [-0.3, -0.25) is 4.79 Å². The lowest BCUT2D eigenvalue weighted by Crippen LogP contribution is -2.02. The molecule has 1 aromatic carbocycles. The molecule has 1 fully saturated rings. The van der Waals surface area contributed by atoms with Gasteiger partial charge in [-0.25, -0.2) is 0 Å². The van der Waals surface area contributed by atoms with Crippen molar-refractivity contribution in [1.82, 2.24) is 20.2 Å².